The quantitative estimate of drug-likeness (QED) is 0.887. The summed E-state index contributed by atoms with van der Waals surface area (Å²) in [5.41, 5.74) is 2.10. The number of nitrogens with one attached hydrogen (secondary N) is 1. The smallest absolute Gasteiger partial charge is 0.124 e. The van der Waals surface area contributed by atoms with Crippen molar-refractivity contribution in [1.82, 2.24) is 14.9 Å². The van der Waals surface area contributed by atoms with E-state index in [-0.39, 0.29) is 0 Å². The summed E-state index contributed by atoms with van der Waals surface area (Å²) in [5, 5.41) is 3.97. The van der Waals surface area contributed by atoms with Gasteiger partial charge in [-0.05, 0) is 32.0 Å². The topological polar surface area (TPSA) is 29.9 Å². The molecule has 0 amide bonds. The monoisotopic (exact) mass is 235 g/mol. The molecular formula is C12H14ClN3. The van der Waals surface area contributed by atoms with E-state index in [0.29, 0.717) is 6.04 Å². The Labute approximate surface area is 99.4 Å². The number of benzene rings is 1. The van der Waals surface area contributed by atoms with Gasteiger partial charge < -0.3 is 9.88 Å². The maximum Gasteiger partial charge on any atom is 0.124 e. The molecule has 0 bridgehead atoms. The van der Waals surface area contributed by atoms with Gasteiger partial charge in [0.25, 0.3) is 0 Å². The molecule has 1 saturated carbocycles. The molecule has 1 aromatic heterocycles. The van der Waals surface area contributed by atoms with Crippen LogP contribution in [0.4, 0.5) is 0 Å². The summed E-state index contributed by atoms with van der Waals surface area (Å²) in [6.45, 7) is 0.793. The highest BCUT2D eigenvalue weighted by atomic mass is 35.5. The van der Waals surface area contributed by atoms with Gasteiger partial charge in [0.15, 0.2) is 0 Å². The van der Waals surface area contributed by atoms with Gasteiger partial charge in [0.05, 0.1) is 22.6 Å². The minimum absolute atomic E-state index is 0.605. The van der Waals surface area contributed by atoms with Crippen LogP contribution >= 0.6 is 11.6 Å². The molecular weight excluding hydrogens is 222 g/mol. The largest absolute Gasteiger partial charge is 0.323 e. The molecule has 0 saturated heterocycles. The first-order chi connectivity index (χ1) is 7.81. The number of halogens is 1. The van der Waals surface area contributed by atoms with E-state index in [1.54, 1.807) is 0 Å². The number of hydrogen-bond acceptors (Lipinski definition) is 2. The van der Waals surface area contributed by atoms with Crippen LogP contribution in [-0.4, -0.2) is 16.6 Å². The van der Waals surface area contributed by atoms with Crippen molar-refractivity contribution in [2.45, 2.75) is 25.4 Å². The third kappa shape index (κ3) is 1.51. The predicted molar refractivity (Wildman–Crippen MR) is 65.8 cm³/mol. The molecule has 0 radical (unpaired) electrons. The first-order valence-electron chi connectivity index (χ1n) is 5.61. The van der Waals surface area contributed by atoms with Crippen molar-refractivity contribution >= 4 is 22.6 Å². The van der Waals surface area contributed by atoms with Crippen LogP contribution in [0.5, 0.6) is 0 Å². The lowest BCUT2D eigenvalue weighted by molar-refractivity contribution is 0.659. The van der Waals surface area contributed by atoms with Crippen LogP contribution in [-0.2, 0) is 6.54 Å². The molecule has 1 aliphatic carbocycles. The Morgan fingerprint density at radius 3 is 3.00 bits per heavy atom. The normalized spacial score (nSPS) is 15.9. The first-order valence-corrected chi connectivity index (χ1v) is 5.99. The van der Waals surface area contributed by atoms with Crippen molar-refractivity contribution in [3.05, 3.63) is 29.0 Å². The van der Waals surface area contributed by atoms with E-state index in [0.717, 1.165) is 28.4 Å². The predicted octanol–water partition coefficient (Wildman–Crippen LogP) is 2.74. The average Bonchev–Trinajstić information content (AvgIpc) is 3.02. The van der Waals surface area contributed by atoms with E-state index in [1.165, 1.54) is 12.8 Å². The second-order valence-corrected chi connectivity index (χ2v) is 4.67. The first kappa shape index (κ1) is 10.1. The standard InChI is InChI=1S/C12H14ClN3/c1-14-7-11-15-10-4-2-3-9(13)12(10)16(11)8-5-6-8/h2-4,8,14H,5-7H2,1H3. The summed E-state index contributed by atoms with van der Waals surface area (Å²) >= 11 is 6.27. The number of hydrogen-bond donors (Lipinski definition) is 1. The van der Waals surface area contributed by atoms with Crippen molar-refractivity contribution in [3.8, 4) is 0 Å². The highest BCUT2D eigenvalue weighted by Gasteiger charge is 2.28. The zero-order chi connectivity index (χ0) is 11.1. The Morgan fingerprint density at radius 1 is 1.50 bits per heavy atom. The van der Waals surface area contributed by atoms with Crippen LogP contribution < -0.4 is 5.32 Å². The third-order valence-electron chi connectivity index (χ3n) is 2.98. The molecule has 84 valence electrons. The zero-order valence-electron chi connectivity index (χ0n) is 9.20. The van der Waals surface area contributed by atoms with Gasteiger partial charge in [-0.2, -0.15) is 0 Å². The molecule has 0 atom stereocenters. The summed E-state index contributed by atoms with van der Waals surface area (Å²) < 4.78 is 2.30. The Bertz CT molecular complexity index is 528. The number of aromatic nitrogens is 2. The van der Waals surface area contributed by atoms with Gasteiger partial charge in [0.2, 0.25) is 0 Å². The Morgan fingerprint density at radius 2 is 2.31 bits per heavy atom. The molecule has 0 spiro atoms. The molecule has 3 rings (SSSR count). The molecule has 2 aromatic rings. The van der Waals surface area contributed by atoms with E-state index in [4.69, 9.17) is 11.6 Å². The van der Waals surface area contributed by atoms with Gasteiger partial charge >= 0.3 is 0 Å². The van der Waals surface area contributed by atoms with Gasteiger partial charge in [0.1, 0.15) is 5.82 Å². The minimum Gasteiger partial charge on any atom is -0.323 e. The fraction of sp³-hybridized carbons (Fsp3) is 0.417. The zero-order valence-corrected chi connectivity index (χ0v) is 9.96. The van der Waals surface area contributed by atoms with Crippen LogP contribution in [0.2, 0.25) is 5.02 Å². The number of nitrogens with zero attached hydrogens (tertiary/aromatic N) is 2. The fourth-order valence-corrected chi connectivity index (χ4v) is 2.42. The lowest BCUT2D eigenvalue weighted by Gasteiger charge is -2.07. The maximum absolute atomic E-state index is 6.27. The highest BCUT2D eigenvalue weighted by Crippen LogP contribution is 2.40. The van der Waals surface area contributed by atoms with Gasteiger partial charge in [-0.3, -0.25) is 0 Å². The highest BCUT2D eigenvalue weighted by molar-refractivity contribution is 6.35. The van der Waals surface area contributed by atoms with Crippen LogP contribution in [0.15, 0.2) is 18.2 Å². The minimum atomic E-state index is 0.605. The van der Waals surface area contributed by atoms with E-state index < -0.39 is 0 Å². The Hall–Kier alpha value is -1.06. The molecule has 4 heteroatoms. The van der Waals surface area contributed by atoms with E-state index in [2.05, 4.69) is 14.9 Å². The van der Waals surface area contributed by atoms with Crippen molar-refractivity contribution in [2.75, 3.05) is 7.05 Å². The van der Waals surface area contributed by atoms with Crippen molar-refractivity contribution < 1.29 is 0 Å². The number of fused-ring (bicyclic) bond motifs is 1. The van der Waals surface area contributed by atoms with Gasteiger partial charge in [-0.25, -0.2) is 4.98 Å². The van der Waals surface area contributed by atoms with E-state index in [1.807, 2.05) is 25.2 Å². The molecule has 1 aromatic carbocycles. The molecule has 1 aliphatic rings. The van der Waals surface area contributed by atoms with E-state index >= 15 is 0 Å². The summed E-state index contributed by atoms with van der Waals surface area (Å²) in [5.74, 6) is 1.09. The molecule has 16 heavy (non-hydrogen) atoms. The van der Waals surface area contributed by atoms with Crippen molar-refractivity contribution in [3.63, 3.8) is 0 Å². The van der Waals surface area contributed by atoms with E-state index in [9.17, 15) is 0 Å². The lowest BCUT2D eigenvalue weighted by atomic mass is 10.3. The molecule has 0 unspecified atom stereocenters. The molecule has 1 heterocycles. The lowest BCUT2D eigenvalue weighted by Crippen LogP contribution is -2.11. The second-order valence-electron chi connectivity index (χ2n) is 4.27. The second kappa shape index (κ2) is 3.75. The Balaban J connectivity index is 2.25. The third-order valence-corrected chi connectivity index (χ3v) is 3.29. The summed E-state index contributed by atoms with van der Waals surface area (Å²) in [6, 6.07) is 6.53. The van der Waals surface area contributed by atoms with Crippen LogP contribution in [0, 0.1) is 0 Å². The van der Waals surface area contributed by atoms with Crippen LogP contribution in [0.3, 0.4) is 0 Å². The fourth-order valence-electron chi connectivity index (χ4n) is 2.16. The average molecular weight is 236 g/mol. The van der Waals surface area contributed by atoms with Gasteiger partial charge in [-0.1, -0.05) is 17.7 Å². The van der Waals surface area contributed by atoms with Crippen molar-refractivity contribution in [2.24, 2.45) is 0 Å². The molecule has 1 fully saturated rings. The van der Waals surface area contributed by atoms with Crippen LogP contribution in [0.1, 0.15) is 24.7 Å². The number of para-hydroxylation sites is 1. The molecule has 0 aliphatic heterocycles. The van der Waals surface area contributed by atoms with Crippen LogP contribution in [0.25, 0.3) is 11.0 Å². The summed E-state index contributed by atoms with van der Waals surface area (Å²) in [6.07, 6.45) is 2.49. The maximum atomic E-state index is 6.27. The molecule has 1 N–H and O–H groups in total. The number of imidazole rings is 1. The number of rotatable bonds is 3. The Kier molecular flexibility index (Phi) is 2.37. The SMILES string of the molecule is CNCc1nc2cccc(Cl)c2n1C1CC1. The summed E-state index contributed by atoms with van der Waals surface area (Å²) in [4.78, 5) is 4.64. The van der Waals surface area contributed by atoms with Gasteiger partial charge in [-0.15, -0.1) is 0 Å². The van der Waals surface area contributed by atoms with Gasteiger partial charge in [0, 0.05) is 6.04 Å². The molecule has 3 nitrogen and oxygen atoms in total. The van der Waals surface area contributed by atoms with Crippen molar-refractivity contribution in [1.29, 1.82) is 0 Å². The summed E-state index contributed by atoms with van der Waals surface area (Å²) in [7, 11) is 1.94.